The maximum atomic E-state index is 13.2. The van der Waals surface area contributed by atoms with Crippen LogP contribution in [0.15, 0.2) is 24.3 Å². The van der Waals surface area contributed by atoms with E-state index in [1.807, 2.05) is 13.8 Å². The van der Waals surface area contributed by atoms with E-state index in [9.17, 15) is 14.3 Å². The lowest BCUT2D eigenvalue weighted by atomic mass is 9.92. The highest BCUT2D eigenvalue weighted by molar-refractivity contribution is 5.76. The largest absolute Gasteiger partial charge is 0.490 e. The van der Waals surface area contributed by atoms with Gasteiger partial charge in [0.25, 0.3) is 0 Å². The van der Waals surface area contributed by atoms with Crippen LogP contribution in [0.4, 0.5) is 4.39 Å². The number of ether oxygens (including phenoxy) is 1. The minimum Gasteiger partial charge on any atom is -0.490 e. The number of benzene rings is 1. The van der Waals surface area contributed by atoms with Gasteiger partial charge in [0.2, 0.25) is 5.91 Å². The standard InChI is InChI=1S/C15H22FNO3/c1-11(2)15(3,19)10-17-14(18)8-9-20-13-7-5-4-6-12(13)16/h4-7,11,19H,8-10H2,1-3H3,(H,17,18). The van der Waals surface area contributed by atoms with Crippen molar-refractivity contribution in [3.63, 3.8) is 0 Å². The van der Waals surface area contributed by atoms with Crippen LogP contribution in [-0.4, -0.2) is 29.8 Å². The Hall–Kier alpha value is -1.62. The van der Waals surface area contributed by atoms with E-state index in [1.54, 1.807) is 19.1 Å². The molecule has 2 N–H and O–H groups in total. The van der Waals surface area contributed by atoms with Crippen LogP contribution < -0.4 is 10.1 Å². The van der Waals surface area contributed by atoms with Gasteiger partial charge < -0.3 is 15.2 Å². The van der Waals surface area contributed by atoms with Crippen molar-refractivity contribution >= 4 is 5.91 Å². The Balaban J connectivity index is 2.29. The number of hydrogen-bond acceptors (Lipinski definition) is 3. The van der Waals surface area contributed by atoms with E-state index in [0.29, 0.717) is 0 Å². The SMILES string of the molecule is CC(C)C(C)(O)CNC(=O)CCOc1ccccc1F. The quantitative estimate of drug-likeness (QED) is 0.806. The lowest BCUT2D eigenvalue weighted by Gasteiger charge is -2.27. The van der Waals surface area contributed by atoms with Gasteiger partial charge in [0.1, 0.15) is 0 Å². The molecule has 0 aliphatic rings. The van der Waals surface area contributed by atoms with Crippen LogP contribution in [0.5, 0.6) is 5.75 Å². The molecule has 0 bridgehead atoms. The van der Waals surface area contributed by atoms with Crippen LogP contribution in [0.25, 0.3) is 0 Å². The molecule has 5 heteroatoms. The van der Waals surface area contributed by atoms with Gasteiger partial charge in [0, 0.05) is 6.54 Å². The second kappa shape index (κ2) is 7.24. The summed E-state index contributed by atoms with van der Waals surface area (Å²) in [5, 5.41) is 12.6. The second-order valence-corrected chi connectivity index (χ2v) is 5.32. The molecule has 20 heavy (non-hydrogen) atoms. The molecule has 0 heterocycles. The Labute approximate surface area is 119 Å². The van der Waals surface area contributed by atoms with Crippen molar-refractivity contribution in [1.82, 2.24) is 5.32 Å². The number of nitrogens with one attached hydrogen (secondary N) is 1. The van der Waals surface area contributed by atoms with Gasteiger partial charge in [-0.1, -0.05) is 26.0 Å². The first kappa shape index (κ1) is 16.4. The first-order valence-electron chi connectivity index (χ1n) is 6.69. The summed E-state index contributed by atoms with van der Waals surface area (Å²) < 4.78 is 18.4. The predicted octanol–water partition coefficient (Wildman–Crippen LogP) is 2.12. The molecule has 0 saturated heterocycles. The van der Waals surface area contributed by atoms with Gasteiger partial charge in [-0.3, -0.25) is 4.79 Å². The van der Waals surface area contributed by atoms with Gasteiger partial charge in [-0.15, -0.1) is 0 Å². The monoisotopic (exact) mass is 283 g/mol. The summed E-state index contributed by atoms with van der Waals surface area (Å²) in [5.74, 6) is -0.509. The number of para-hydroxylation sites is 1. The third kappa shape index (κ3) is 5.17. The van der Waals surface area contributed by atoms with Crippen LogP contribution in [0.3, 0.4) is 0 Å². The lowest BCUT2D eigenvalue weighted by Crippen LogP contribution is -2.44. The van der Waals surface area contributed by atoms with E-state index >= 15 is 0 Å². The number of aliphatic hydroxyl groups is 1. The molecular formula is C15H22FNO3. The van der Waals surface area contributed by atoms with Crippen molar-refractivity contribution in [1.29, 1.82) is 0 Å². The van der Waals surface area contributed by atoms with Crippen LogP contribution in [0.1, 0.15) is 27.2 Å². The topological polar surface area (TPSA) is 58.6 Å². The van der Waals surface area contributed by atoms with Gasteiger partial charge in [-0.05, 0) is 25.0 Å². The maximum absolute atomic E-state index is 13.2. The molecule has 1 aromatic carbocycles. The zero-order chi connectivity index (χ0) is 15.2. The summed E-state index contributed by atoms with van der Waals surface area (Å²) in [6.45, 7) is 5.72. The first-order chi connectivity index (χ1) is 9.33. The number of halogens is 1. The molecule has 0 spiro atoms. The number of hydrogen-bond donors (Lipinski definition) is 2. The van der Waals surface area contributed by atoms with Crippen molar-refractivity contribution < 1.29 is 19.0 Å². The van der Waals surface area contributed by atoms with Crippen LogP contribution in [-0.2, 0) is 4.79 Å². The molecule has 0 fully saturated rings. The molecule has 1 rings (SSSR count). The van der Waals surface area contributed by atoms with Gasteiger partial charge in [0.15, 0.2) is 11.6 Å². The van der Waals surface area contributed by atoms with Gasteiger partial charge in [-0.2, -0.15) is 0 Å². The Morgan fingerprint density at radius 3 is 2.70 bits per heavy atom. The Bertz CT molecular complexity index is 446. The molecule has 112 valence electrons. The van der Waals surface area contributed by atoms with Gasteiger partial charge in [-0.25, -0.2) is 4.39 Å². The third-order valence-corrected chi connectivity index (χ3v) is 3.31. The lowest BCUT2D eigenvalue weighted by molar-refractivity contribution is -0.123. The summed E-state index contributed by atoms with van der Waals surface area (Å²) in [6.07, 6.45) is 0.114. The molecule has 0 aliphatic carbocycles. The van der Waals surface area contributed by atoms with Crippen molar-refractivity contribution in [3.8, 4) is 5.75 Å². The van der Waals surface area contributed by atoms with Crippen LogP contribution in [0, 0.1) is 11.7 Å². The molecule has 1 amide bonds. The summed E-state index contributed by atoms with van der Waals surface area (Å²) >= 11 is 0. The summed E-state index contributed by atoms with van der Waals surface area (Å²) in [6, 6.07) is 6.05. The number of rotatable bonds is 7. The van der Waals surface area contributed by atoms with Crippen LogP contribution >= 0.6 is 0 Å². The fourth-order valence-electron chi connectivity index (χ4n) is 1.39. The average molecular weight is 283 g/mol. The summed E-state index contributed by atoms with van der Waals surface area (Å²) in [4.78, 5) is 11.6. The van der Waals surface area contributed by atoms with E-state index in [1.165, 1.54) is 12.1 Å². The number of carbonyl (C=O) groups is 1. The highest BCUT2D eigenvalue weighted by atomic mass is 19.1. The van der Waals surface area contributed by atoms with E-state index in [2.05, 4.69) is 5.32 Å². The fraction of sp³-hybridized carbons (Fsp3) is 0.533. The van der Waals surface area contributed by atoms with E-state index in [-0.39, 0.29) is 37.1 Å². The van der Waals surface area contributed by atoms with E-state index in [4.69, 9.17) is 4.74 Å². The maximum Gasteiger partial charge on any atom is 0.223 e. The minimum atomic E-state index is -0.942. The summed E-state index contributed by atoms with van der Waals surface area (Å²) in [5.41, 5.74) is -0.942. The van der Waals surface area contributed by atoms with Gasteiger partial charge >= 0.3 is 0 Å². The highest BCUT2D eigenvalue weighted by Gasteiger charge is 2.25. The fourth-order valence-corrected chi connectivity index (χ4v) is 1.39. The van der Waals surface area contributed by atoms with Crippen molar-refractivity contribution in [3.05, 3.63) is 30.1 Å². The first-order valence-corrected chi connectivity index (χ1v) is 6.69. The molecule has 0 saturated carbocycles. The molecule has 0 aliphatic heterocycles. The van der Waals surface area contributed by atoms with Crippen LogP contribution in [0.2, 0.25) is 0 Å². The van der Waals surface area contributed by atoms with Crippen molar-refractivity contribution in [2.75, 3.05) is 13.2 Å². The summed E-state index contributed by atoms with van der Waals surface area (Å²) in [7, 11) is 0. The second-order valence-electron chi connectivity index (χ2n) is 5.32. The Morgan fingerprint density at radius 1 is 1.45 bits per heavy atom. The van der Waals surface area contributed by atoms with E-state index < -0.39 is 11.4 Å². The predicted molar refractivity (Wildman–Crippen MR) is 75.0 cm³/mol. The zero-order valence-corrected chi connectivity index (χ0v) is 12.1. The molecule has 1 aromatic rings. The average Bonchev–Trinajstić information content (AvgIpc) is 2.38. The minimum absolute atomic E-state index is 0.0393. The molecule has 1 unspecified atom stereocenters. The van der Waals surface area contributed by atoms with Gasteiger partial charge in [0.05, 0.1) is 18.6 Å². The normalized spacial score (nSPS) is 13.9. The van der Waals surface area contributed by atoms with E-state index in [0.717, 1.165) is 0 Å². The number of amides is 1. The zero-order valence-electron chi connectivity index (χ0n) is 12.1. The molecule has 1 atom stereocenters. The molecule has 0 aromatic heterocycles. The number of carbonyl (C=O) groups excluding carboxylic acids is 1. The Morgan fingerprint density at radius 2 is 2.10 bits per heavy atom. The Kier molecular flexibility index (Phi) is 5.95. The highest BCUT2D eigenvalue weighted by Crippen LogP contribution is 2.16. The molecular weight excluding hydrogens is 261 g/mol. The smallest absolute Gasteiger partial charge is 0.223 e. The van der Waals surface area contributed by atoms with Crippen molar-refractivity contribution in [2.45, 2.75) is 32.8 Å². The van der Waals surface area contributed by atoms with Crippen molar-refractivity contribution in [2.24, 2.45) is 5.92 Å². The molecule has 0 radical (unpaired) electrons. The molecule has 4 nitrogen and oxygen atoms in total. The third-order valence-electron chi connectivity index (χ3n) is 3.31.